The van der Waals surface area contributed by atoms with Gasteiger partial charge in [0, 0.05) is 19.0 Å². The molecule has 0 aliphatic heterocycles. The lowest BCUT2D eigenvalue weighted by molar-refractivity contribution is 0.0646. The Morgan fingerprint density at radius 2 is 2.21 bits per heavy atom. The van der Waals surface area contributed by atoms with Gasteiger partial charge in [-0.25, -0.2) is 9.97 Å². The molecule has 0 unspecified atom stereocenters. The molecular weight excluding hydrogens is 242 g/mol. The van der Waals surface area contributed by atoms with Gasteiger partial charge in [0.25, 0.3) is 5.91 Å². The van der Waals surface area contributed by atoms with E-state index >= 15 is 0 Å². The van der Waals surface area contributed by atoms with Crippen LogP contribution < -0.4 is 11.3 Å². The Morgan fingerprint density at radius 3 is 2.68 bits per heavy atom. The van der Waals surface area contributed by atoms with Crippen molar-refractivity contribution in [3.05, 3.63) is 17.7 Å². The molecule has 104 valence electrons. The Kier molecular flexibility index (Phi) is 3.99. The van der Waals surface area contributed by atoms with Gasteiger partial charge in [0.1, 0.15) is 5.82 Å². The molecule has 0 spiro atoms. The molecule has 1 amide bonds. The largest absolute Gasteiger partial charge is 0.337 e. The second kappa shape index (κ2) is 5.52. The number of hydrazine groups is 1. The fourth-order valence-electron chi connectivity index (χ4n) is 2.05. The number of nitrogen functional groups attached to an aromatic ring is 1. The molecule has 1 saturated carbocycles. The third-order valence-corrected chi connectivity index (χ3v) is 3.62. The SMILES string of the molecule is CC(C)c1ncc(NN)c(C(=O)N(C)C2CCC2)n1. The first-order valence-corrected chi connectivity index (χ1v) is 6.65. The lowest BCUT2D eigenvalue weighted by atomic mass is 9.91. The summed E-state index contributed by atoms with van der Waals surface area (Å²) in [6.45, 7) is 3.99. The maximum absolute atomic E-state index is 12.5. The van der Waals surface area contributed by atoms with E-state index in [0.29, 0.717) is 23.2 Å². The third-order valence-electron chi connectivity index (χ3n) is 3.62. The lowest BCUT2D eigenvalue weighted by Crippen LogP contribution is -2.42. The van der Waals surface area contributed by atoms with Crippen LogP contribution in [-0.4, -0.2) is 33.9 Å². The van der Waals surface area contributed by atoms with Crippen molar-refractivity contribution in [2.24, 2.45) is 5.84 Å². The highest BCUT2D eigenvalue weighted by molar-refractivity contribution is 5.97. The second-order valence-electron chi connectivity index (χ2n) is 5.29. The monoisotopic (exact) mass is 263 g/mol. The van der Waals surface area contributed by atoms with Crippen LogP contribution in [0.15, 0.2) is 6.20 Å². The van der Waals surface area contributed by atoms with Crippen LogP contribution in [0.2, 0.25) is 0 Å². The van der Waals surface area contributed by atoms with Gasteiger partial charge in [-0.2, -0.15) is 0 Å². The van der Waals surface area contributed by atoms with Crippen LogP contribution in [0.4, 0.5) is 5.69 Å². The van der Waals surface area contributed by atoms with Gasteiger partial charge in [-0.1, -0.05) is 13.8 Å². The summed E-state index contributed by atoms with van der Waals surface area (Å²) in [5, 5.41) is 0. The average molecular weight is 263 g/mol. The number of hydrogen-bond acceptors (Lipinski definition) is 5. The van der Waals surface area contributed by atoms with E-state index in [4.69, 9.17) is 5.84 Å². The molecule has 1 aliphatic rings. The normalized spacial score (nSPS) is 15.2. The van der Waals surface area contributed by atoms with E-state index in [-0.39, 0.29) is 11.8 Å². The minimum absolute atomic E-state index is 0.0954. The van der Waals surface area contributed by atoms with Crippen molar-refractivity contribution in [2.45, 2.75) is 45.1 Å². The molecule has 1 aromatic rings. The quantitative estimate of drug-likeness (QED) is 0.635. The highest BCUT2D eigenvalue weighted by Crippen LogP contribution is 2.26. The van der Waals surface area contributed by atoms with Crippen LogP contribution >= 0.6 is 0 Å². The molecule has 1 aliphatic carbocycles. The van der Waals surface area contributed by atoms with Gasteiger partial charge in [0.15, 0.2) is 5.69 Å². The zero-order chi connectivity index (χ0) is 14.0. The highest BCUT2D eigenvalue weighted by atomic mass is 16.2. The van der Waals surface area contributed by atoms with Crippen LogP contribution in [0.5, 0.6) is 0 Å². The van der Waals surface area contributed by atoms with Gasteiger partial charge in [0.05, 0.1) is 11.9 Å². The predicted octanol–water partition coefficient (Wildman–Crippen LogP) is 1.51. The van der Waals surface area contributed by atoms with Crippen molar-refractivity contribution in [3.8, 4) is 0 Å². The molecule has 0 saturated heterocycles. The fourth-order valence-corrected chi connectivity index (χ4v) is 2.05. The fraction of sp³-hybridized carbons (Fsp3) is 0.615. The number of carbonyl (C=O) groups excluding carboxylic acids is 1. The van der Waals surface area contributed by atoms with E-state index in [1.54, 1.807) is 11.1 Å². The van der Waals surface area contributed by atoms with Crippen molar-refractivity contribution in [3.63, 3.8) is 0 Å². The minimum Gasteiger partial charge on any atom is -0.337 e. The topological polar surface area (TPSA) is 84.1 Å². The van der Waals surface area contributed by atoms with Gasteiger partial charge in [-0.15, -0.1) is 0 Å². The number of rotatable bonds is 4. The summed E-state index contributed by atoms with van der Waals surface area (Å²) in [7, 11) is 1.82. The Morgan fingerprint density at radius 1 is 1.53 bits per heavy atom. The summed E-state index contributed by atoms with van der Waals surface area (Å²) in [4.78, 5) is 22.8. The number of nitrogens with zero attached hydrogens (tertiary/aromatic N) is 3. The molecule has 0 aromatic carbocycles. The minimum atomic E-state index is -0.0954. The molecule has 6 nitrogen and oxygen atoms in total. The average Bonchev–Trinajstić information content (AvgIpc) is 2.34. The van der Waals surface area contributed by atoms with E-state index in [0.717, 1.165) is 12.8 Å². The van der Waals surface area contributed by atoms with Crippen LogP contribution in [0.25, 0.3) is 0 Å². The molecule has 0 radical (unpaired) electrons. The number of amides is 1. The summed E-state index contributed by atoms with van der Waals surface area (Å²) >= 11 is 0. The van der Waals surface area contributed by atoms with E-state index in [1.165, 1.54) is 6.42 Å². The van der Waals surface area contributed by atoms with E-state index in [2.05, 4.69) is 15.4 Å². The zero-order valence-corrected chi connectivity index (χ0v) is 11.7. The van der Waals surface area contributed by atoms with Crippen LogP contribution in [0, 0.1) is 0 Å². The molecule has 1 heterocycles. The van der Waals surface area contributed by atoms with E-state index in [1.807, 2.05) is 20.9 Å². The van der Waals surface area contributed by atoms with Gasteiger partial charge in [0.2, 0.25) is 0 Å². The van der Waals surface area contributed by atoms with Gasteiger partial charge in [-0.3, -0.25) is 10.6 Å². The maximum Gasteiger partial charge on any atom is 0.274 e. The molecular formula is C13H21N5O. The summed E-state index contributed by atoms with van der Waals surface area (Å²) < 4.78 is 0. The molecule has 1 aromatic heterocycles. The summed E-state index contributed by atoms with van der Waals surface area (Å²) in [5.74, 6) is 6.17. The number of hydrogen-bond donors (Lipinski definition) is 2. The number of aromatic nitrogens is 2. The number of nitrogens with two attached hydrogens (primary N) is 1. The van der Waals surface area contributed by atoms with Gasteiger partial charge < -0.3 is 10.3 Å². The van der Waals surface area contributed by atoms with Crippen LogP contribution in [0.3, 0.4) is 0 Å². The van der Waals surface area contributed by atoms with Gasteiger partial charge in [-0.05, 0) is 19.3 Å². The summed E-state index contributed by atoms with van der Waals surface area (Å²) in [6, 6.07) is 0.329. The molecule has 6 heteroatoms. The number of nitrogens with one attached hydrogen (secondary N) is 1. The number of anilines is 1. The van der Waals surface area contributed by atoms with E-state index < -0.39 is 0 Å². The first-order valence-electron chi connectivity index (χ1n) is 6.65. The second-order valence-corrected chi connectivity index (χ2v) is 5.29. The summed E-state index contributed by atoms with van der Waals surface area (Å²) in [6.07, 6.45) is 4.89. The van der Waals surface area contributed by atoms with E-state index in [9.17, 15) is 4.79 Å². The van der Waals surface area contributed by atoms with Crippen LogP contribution in [0.1, 0.15) is 55.3 Å². The standard InChI is InChI=1S/C13H21N5O/c1-8(2)12-15-7-10(17-14)11(16-12)13(19)18(3)9-5-4-6-9/h7-9,17H,4-6,14H2,1-3H3. The summed E-state index contributed by atoms with van der Waals surface area (Å²) in [5.41, 5.74) is 3.33. The van der Waals surface area contributed by atoms with Crippen molar-refractivity contribution in [1.82, 2.24) is 14.9 Å². The number of carbonyl (C=O) groups is 1. The van der Waals surface area contributed by atoms with Crippen LogP contribution in [-0.2, 0) is 0 Å². The smallest absolute Gasteiger partial charge is 0.274 e. The highest BCUT2D eigenvalue weighted by Gasteiger charge is 2.28. The molecule has 3 N–H and O–H groups in total. The predicted molar refractivity (Wildman–Crippen MR) is 73.7 cm³/mol. The van der Waals surface area contributed by atoms with Crippen molar-refractivity contribution in [1.29, 1.82) is 0 Å². The lowest BCUT2D eigenvalue weighted by Gasteiger charge is -2.34. The zero-order valence-electron chi connectivity index (χ0n) is 11.7. The Balaban J connectivity index is 2.29. The maximum atomic E-state index is 12.5. The van der Waals surface area contributed by atoms with Crippen molar-refractivity contribution >= 4 is 11.6 Å². The van der Waals surface area contributed by atoms with Crippen molar-refractivity contribution in [2.75, 3.05) is 12.5 Å². The Bertz CT molecular complexity index is 470. The van der Waals surface area contributed by atoms with Crippen molar-refractivity contribution < 1.29 is 4.79 Å². The molecule has 0 atom stereocenters. The molecule has 19 heavy (non-hydrogen) atoms. The first-order chi connectivity index (χ1) is 9.04. The molecule has 0 bridgehead atoms. The third kappa shape index (κ3) is 2.68. The first kappa shape index (κ1) is 13.7. The Hall–Kier alpha value is -1.69. The van der Waals surface area contributed by atoms with Gasteiger partial charge >= 0.3 is 0 Å². The molecule has 2 rings (SSSR count). The molecule has 1 fully saturated rings. The Labute approximate surface area is 113 Å².